The molecule has 0 unspecified atom stereocenters. The van der Waals surface area contributed by atoms with Gasteiger partial charge in [-0.2, -0.15) is 0 Å². The number of hydrogen-bond acceptors (Lipinski definition) is 3. The molecule has 0 aliphatic heterocycles. The predicted molar refractivity (Wildman–Crippen MR) is 116 cm³/mol. The summed E-state index contributed by atoms with van der Waals surface area (Å²) in [6.45, 7) is 2.29. The van der Waals surface area contributed by atoms with Crippen LogP contribution < -0.4 is 0 Å². The van der Waals surface area contributed by atoms with E-state index in [9.17, 15) is 14.0 Å². The van der Waals surface area contributed by atoms with Crippen molar-refractivity contribution in [2.75, 3.05) is 7.05 Å². The number of carboxylic acid groups (broad SMARTS) is 1. The Morgan fingerprint density at radius 2 is 1.71 bits per heavy atom. The number of halogens is 1. The van der Waals surface area contributed by atoms with Crippen molar-refractivity contribution in [1.29, 1.82) is 0 Å². The molecule has 5 nitrogen and oxygen atoms in total. The molecular formula is C25H24FNO4. The predicted octanol–water partition coefficient (Wildman–Crippen LogP) is 5.20. The molecule has 6 heteroatoms. The summed E-state index contributed by atoms with van der Waals surface area (Å²) < 4.78 is 20.0. The summed E-state index contributed by atoms with van der Waals surface area (Å²) in [6, 6.07) is 19.2. The third-order valence-electron chi connectivity index (χ3n) is 4.86. The minimum absolute atomic E-state index is 0.163. The molecule has 0 saturated heterocycles. The minimum atomic E-state index is -0.984. The zero-order valence-corrected chi connectivity index (χ0v) is 17.5. The molecule has 0 aliphatic carbocycles. The molecule has 160 valence electrons. The van der Waals surface area contributed by atoms with E-state index in [-0.39, 0.29) is 19.6 Å². The molecule has 0 spiro atoms. The van der Waals surface area contributed by atoms with Gasteiger partial charge in [0.25, 0.3) is 0 Å². The molecule has 0 heterocycles. The van der Waals surface area contributed by atoms with Crippen LogP contribution in [0.2, 0.25) is 0 Å². The topological polar surface area (TPSA) is 66.8 Å². The second-order valence-corrected chi connectivity index (χ2v) is 7.44. The number of carbonyl (C=O) groups excluding carboxylic acids is 1. The zero-order chi connectivity index (χ0) is 22.4. The summed E-state index contributed by atoms with van der Waals surface area (Å²) >= 11 is 0. The number of carboxylic acids is 1. The SMILES string of the molecule is Cc1ccc(-c2cc(CC(=O)O)ccc2F)c(CN(C)C(=O)OCc2ccccc2)c1. The van der Waals surface area contributed by atoms with Crippen LogP contribution in [-0.2, 0) is 29.1 Å². The molecule has 31 heavy (non-hydrogen) atoms. The van der Waals surface area contributed by atoms with Gasteiger partial charge in [0.15, 0.2) is 0 Å². The van der Waals surface area contributed by atoms with Crippen molar-refractivity contribution in [2.24, 2.45) is 0 Å². The Bertz CT molecular complexity index is 1080. The molecule has 3 rings (SSSR count). The van der Waals surface area contributed by atoms with Gasteiger partial charge < -0.3 is 14.7 Å². The number of amides is 1. The summed E-state index contributed by atoms with van der Waals surface area (Å²) in [5.74, 6) is -1.43. The molecule has 3 aromatic carbocycles. The Hall–Kier alpha value is -3.67. The molecule has 0 atom stereocenters. The largest absolute Gasteiger partial charge is 0.481 e. The van der Waals surface area contributed by atoms with Crippen LogP contribution >= 0.6 is 0 Å². The molecule has 0 aromatic heterocycles. The Kier molecular flexibility index (Phi) is 7.03. The molecular weight excluding hydrogens is 397 g/mol. The monoisotopic (exact) mass is 421 g/mol. The van der Waals surface area contributed by atoms with E-state index in [1.807, 2.05) is 49.4 Å². The highest BCUT2D eigenvalue weighted by molar-refractivity contribution is 5.74. The van der Waals surface area contributed by atoms with Crippen molar-refractivity contribution in [3.63, 3.8) is 0 Å². The lowest BCUT2D eigenvalue weighted by molar-refractivity contribution is -0.136. The molecule has 0 aliphatic rings. The van der Waals surface area contributed by atoms with Crippen LogP contribution in [-0.4, -0.2) is 29.1 Å². The molecule has 0 fully saturated rings. The Morgan fingerprint density at radius 3 is 2.42 bits per heavy atom. The normalized spacial score (nSPS) is 10.5. The fourth-order valence-corrected chi connectivity index (χ4v) is 3.33. The fraction of sp³-hybridized carbons (Fsp3) is 0.200. The molecule has 0 bridgehead atoms. The molecule has 1 amide bonds. The van der Waals surface area contributed by atoms with Gasteiger partial charge in [0.2, 0.25) is 0 Å². The van der Waals surface area contributed by atoms with E-state index < -0.39 is 17.9 Å². The number of carbonyl (C=O) groups is 2. The standard InChI is InChI=1S/C25H24FNO4/c1-17-8-10-21(22-13-19(14-24(28)29)9-11-23(22)26)20(12-17)15-27(2)25(30)31-16-18-6-4-3-5-7-18/h3-13H,14-16H2,1-2H3,(H,28,29). The zero-order valence-electron chi connectivity index (χ0n) is 17.5. The number of benzene rings is 3. The highest BCUT2D eigenvalue weighted by Gasteiger charge is 2.17. The Labute approximate surface area is 180 Å². The third kappa shape index (κ3) is 5.92. The number of rotatable bonds is 7. The first-order valence-corrected chi connectivity index (χ1v) is 9.85. The summed E-state index contributed by atoms with van der Waals surface area (Å²) in [5, 5.41) is 9.05. The summed E-state index contributed by atoms with van der Waals surface area (Å²) in [7, 11) is 1.62. The quantitative estimate of drug-likeness (QED) is 0.570. The van der Waals surface area contributed by atoms with Crippen LogP contribution in [0.5, 0.6) is 0 Å². The smallest absolute Gasteiger partial charge is 0.410 e. The number of hydrogen-bond donors (Lipinski definition) is 1. The minimum Gasteiger partial charge on any atom is -0.481 e. The average molecular weight is 421 g/mol. The van der Waals surface area contributed by atoms with Crippen molar-refractivity contribution in [3.05, 3.63) is 94.8 Å². The van der Waals surface area contributed by atoms with Gasteiger partial charge in [-0.3, -0.25) is 4.79 Å². The van der Waals surface area contributed by atoms with E-state index in [4.69, 9.17) is 9.84 Å². The average Bonchev–Trinajstić information content (AvgIpc) is 2.74. The van der Waals surface area contributed by atoms with Gasteiger partial charge in [0, 0.05) is 19.2 Å². The molecule has 0 saturated carbocycles. The second-order valence-electron chi connectivity index (χ2n) is 7.44. The fourth-order valence-electron chi connectivity index (χ4n) is 3.33. The van der Waals surface area contributed by atoms with Crippen molar-refractivity contribution in [2.45, 2.75) is 26.5 Å². The van der Waals surface area contributed by atoms with Crippen molar-refractivity contribution >= 4 is 12.1 Å². The van der Waals surface area contributed by atoms with Crippen molar-refractivity contribution < 1.29 is 23.8 Å². The van der Waals surface area contributed by atoms with Crippen LogP contribution in [0.1, 0.15) is 22.3 Å². The third-order valence-corrected chi connectivity index (χ3v) is 4.86. The van der Waals surface area contributed by atoms with E-state index in [0.29, 0.717) is 16.7 Å². The maximum absolute atomic E-state index is 14.6. The van der Waals surface area contributed by atoms with Gasteiger partial charge in [-0.15, -0.1) is 0 Å². The maximum atomic E-state index is 14.6. The lowest BCUT2D eigenvalue weighted by atomic mass is 9.95. The Balaban J connectivity index is 1.81. The van der Waals surface area contributed by atoms with E-state index >= 15 is 0 Å². The lowest BCUT2D eigenvalue weighted by Crippen LogP contribution is -2.27. The van der Waals surface area contributed by atoms with Gasteiger partial charge >= 0.3 is 12.1 Å². The second kappa shape index (κ2) is 9.89. The van der Waals surface area contributed by atoms with E-state index in [1.165, 1.54) is 17.0 Å². The van der Waals surface area contributed by atoms with E-state index in [0.717, 1.165) is 16.7 Å². The number of aryl methyl sites for hydroxylation is 1. The molecule has 0 radical (unpaired) electrons. The van der Waals surface area contributed by atoms with Gasteiger partial charge in [0.1, 0.15) is 12.4 Å². The first-order valence-electron chi connectivity index (χ1n) is 9.85. The van der Waals surface area contributed by atoms with Crippen LogP contribution in [0, 0.1) is 12.7 Å². The van der Waals surface area contributed by atoms with Gasteiger partial charge in [0.05, 0.1) is 6.42 Å². The van der Waals surface area contributed by atoms with Gasteiger partial charge in [-0.1, -0.05) is 60.2 Å². The van der Waals surface area contributed by atoms with Crippen LogP contribution in [0.25, 0.3) is 11.1 Å². The first-order chi connectivity index (χ1) is 14.8. The van der Waals surface area contributed by atoms with Crippen molar-refractivity contribution in [1.82, 2.24) is 4.90 Å². The van der Waals surface area contributed by atoms with E-state index in [2.05, 4.69) is 0 Å². The number of nitrogens with zero attached hydrogens (tertiary/aromatic N) is 1. The Morgan fingerprint density at radius 1 is 0.968 bits per heavy atom. The summed E-state index contributed by atoms with van der Waals surface area (Å²) in [4.78, 5) is 24.9. The maximum Gasteiger partial charge on any atom is 0.410 e. The number of ether oxygens (including phenoxy) is 1. The highest BCUT2D eigenvalue weighted by atomic mass is 19.1. The van der Waals surface area contributed by atoms with Crippen LogP contribution in [0.4, 0.5) is 9.18 Å². The summed E-state index contributed by atoms with van der Waals surface area (Å²) in [5.41, 5.74) is 4.01. The molecule has 3 aromatic rings. The van der Waals surface area contributed by atoms with Gasteiger partial charge in [-0.05, 0) is 41.3 Å². The van der Waals surface area contributed by atoms with Crippen LogP contribution in [0.15, 0.2) is 66.7 Å². The first kappa shape index (κ1) is 22.0. The summed E-state index contributed by atoms with van der Waals surface area (Å²) in [6.07, 6.45) is -0.684. The highest BCUT2D eigenvalue weighted by Crippen LogP contribution is 2.29. The molecule has 1 N–H and O–H groups in total. The van der Waals surface area contributed by atoms with Crippen LogP contribution in [0.3, 0.4) is 0 Å². The number of aliphatic carboxylic acids is 1. The van der Waals surface area contributed by atoms with E-state index in [1.54, 1.807) is 19.2 Å². The van der Waals surface area contributed by atoms with Crippen molar-refractivity contribution in [3.8, 4) is 11.1 Å². The lowest BCUT2D eigenvalue weighted by Gasteiger charge is -2.20. The van der Waals surface area contributed by atoms with Gasteiger partial charge in [-0.25, -0.2) is 9.18 Å².